The van der Waals surface area contributed by atoms with Crippen LogP contribution in [0.3, 0.4) is 0 Å². The second-order valence-electron chi connectivity index (χ2n) is 8.33. The Hall–Kier alpha value is -2.75. The largest absolute Gasteiger partial charge is 0.376 e. The minimum absolute atomic E-state index is 0.0119. The predicted octanol–water partition coefficient (Wildman–Crippen LogP) is 2.46. The lowest BCUT2D eigenvalue weighted by molar-refractivity contribution is -0.140. The summed E-state index contributed by atoms with van der Waals surface area (Å²) in [5.41, 5.74) is 0.856. The van der Waals surface area contributed by atoms with Gasteiger partial charge in [-0.2, -0.15) is 0 Å². The van der Waals surface area contributed by atoms with Gasteiger partial charge >= 0.3 is 0 Å². The summed E-state index contributed by atoms with van der Waals surface area (Å²) < 4.78 is 33.2. The molecule has 2 atom stereocenters. The number of benzene rings is 2. The summed E-state index contributed by atoms with van der Waals surface area (Å²) >= 11 is 0. The van der Waals surface area contributed by atoms with Crippen molar-refractivity contribution in [3.8, 4) is 0 Å². The second kappa shape index (κ2) is 12.6. The van der Waals surface area contributed by atoms with Crippen LogP contribution in [0.4, 0.5) is 0 Å². The summed E-state index contributed by atoms with van der Waals surface area (Å²) in [6, 6.07) is 16.5. The smallest absolute Gasteiger partial charge is 0.242 e. The highest BCUT2D eigenvalue weighted by molar-refractivity contribution is 7.89. The molecular weight excluding hydrogens is 454 g/mol. The van der Waals surface area contributed by atoms with Gasteiger partial charge in [-0.05, 0) is 37.0 Å². The highest BCUT2D eigenvalue weighted by Gasteiger charge is 2.30. The van der Waals surface area contributed by atoms with Crippen LogP contribution in [0.1, 0.15) is 38.2 Å². The molecule has 0 aromatic heterocycles. The minimum Gasteiger partial charge on any atom is -0.376 e. The van der Waals surface area contributed by atoms with Gasteiger partial charge < -0.3 is 15.0 Å². The molecule has 0 spiro atoms. The number of nitrogens with zero attached hydrogens (tertiary/aromatic N) is 1. The Kier molecular flexibility index (Phi) is 9.62. The van der Waals surface area contributed by atoms with Gasteiger partial charge in [0, 0.05) is 19.7 Å². The third-order valence-electron chi connectivity index (χ3n) is 5.75. The molecule has 1 heterocycles. The van der Waals surface area contributed by atoms with E-state index in [1.54, 1.807) is 18.2 Å². The molecule has 1 fully saturated rings. The summed E-state index contributed by atoms with van der Waals surface area (Å²) in [5, 5.41) is 2.93. The van der Waals surface area contributed by atoms with Crippen LogP contribution < -0.4 is 10.0 Å². The first-order chi connectivity index (χ1) is 16.4. The molecule has 184 valence electrons. The monoisotopic (exact) mass is 487 g/mol. The Morgan fingerprint density at radius 1 is 1.09 bits per heavy atom. The van der Waals surface area contributed by atoms with Crippen LogP contribution in [0.15, 0.2) is 65.6 Å². The number of rotatable bonds is 12. The first-order valence-electron chi connectivity index (χ1n) is 11.7. The highest BCUT2D eigenvalue weighted by Crippen LogP contribution is 2.16. The normalized spacial score (nSPS) is 16.7. The Balaban J connectivity index is 1.75. The molecule has 2 N–H and O–H groups in total. The van der Waals surface area contributed by atoms with Crippen molar-refractivity contribution in [2.24, 2.45) is 0 Å². The number of hydrogen-bond donors (Lipinski definition) is 2. The lowest BCUT2D eigenvalue weighted by Crippen LogP contribution is -2.52. The molecule has 3 rings (SSSR count). The zero-order valence-corrected chi connectivity index (χ0v) is 20.3. The summed E-state index contributed by atoms with van der Waals surface area (Å²) in [4.78, 5) is 28.0. The van der Waals surface area contributed by atoms with E-state index in [9.17, 15) is 18.0 Å². The van der Waals surface area contributed by atoms with E-state index in [2.05, 4.69) is 10.0 Å². The fraction of sp³-hybridized carbons (Fsp3) is 0.440. The van der Waals surface area contributed by atoms with Gasteiger partial charge in [0.05, 0.1) is 17.5 Å². The lowest BCUT2D eigenvalue weighted by atomic mass is 10.1. The van der Waals surface area contributed by atoms with E-state index in [0.29, 0.717) is 26.0 Å². The number of carbonyl (C=O) groups is 2. The number of sulfonamides is 1. The summed E-state index contributed by atoms with van der Waals surface area (Å²) in [5.74, 6) is -0.721. The maximum atomic E-state index is 13.3. The predicted molar refractivity (Wildman–Crippen MR) is 129 cm³/mol. The maximum Gasteiger partial charge on any atom is 0.242 e. The van der Waals surface area contributed by atoms with Gasteiger partial charge in [0.15, 0.2) is 0 Å². The second-order valence-corrected chi connectivity index (χ2v) is 10.1. The van der Waals surface area contributed by atoms with Crippen LogP contribution in [-0.2, 0) is 30.9 Å². The number of amides is 2. The van der Waals surface area contributed by atoms with Crippen molar-refractivity contribution in [1.82, 2.24) is 14.9 Å². The molecule has 2 aromatic rings. The molecule has 8 nitrogen and oxygen atoms in total. The average Bonchev–Trinajstić information content (AvgIpc) is 3.38. The van der Waals surface area contributed by atoms with Gasteiger partial charge in [0.1, 0.15) is 6.04 Å². The Labute approximate surface area is 201 Å². The highest BCUT2D eigenvalue weighted by atomic mass is 32.2. The summed E-state index contributed by atoms with van der Waals surface area (Å²) in [6.45, 7) is 2.80. The molecule has 1 aliphatic rings. The zero-order chi connectivity index (χ0) is 24.4. The van der Waals surface area contributed by atoms with Crippen LogP contribution in [-0.4, -0.2) is 57.0 Å². The van der Waals surface area contributed by atoms with Crippen molar-refractivity contribution in [2.45, 2.75) is 56.2 Å². The van der Waals surface area contributed by atoms with Gasteiger partial charge in [-0.1, -0.05) is 61.9 Å². The fourth-order valence-electron chi connectivity index (χ4n) is 3.93. The van der Waals surface area contributed by atoms with Gasteiger partial charge in [0.25, 0.3) is 0 Å². The molecule has 0 unspecified atom stereocenters. The van der Waals surface area contributed by atoms with Crippen LogP contribution in [0.5, 0.6) is 0 Å². The molecular formula is C25H33N3O5S. The molecule has 0 aliphatic carbocycles. The summed E-state index contributed by atoms with van der Waals surface area (Å²) in [6.07, 6.45) is 3.00. The standard InChI is InChI=1S/C25H33N3O5S/c1-2-10-23(25(30)26-17-21-13-9-16-33-21)28(19-20-11-5-3-6-12-20)24(29)18-27-34(31,32)22-14-7-4-8-15-22/h3-8,11-12,14-15,21,23,27H,2,9-10,13,16-19H2,1H3,(H,26,30)/t21-,23-/m0/s1. The topological polar surface area (TPSA) is 105 Å². The Morgan fingerprint density at radius 2 is 1.76 bits per heavy atom. The van der Waals surface area contributed by atoms with E-state index in [-0.39, 0.29) is 23.5 Å². The minimum atomic E-state index is -3.86. The van der Waals surface area contributed by atoms with Crippen molar-refractivity contribution < 1.29 is 22.7 Å². The van der Waals surface area contributed by atoms with Gasteiger partial charge in [-0.25, -0.2) is 13.1 Å². The molecule has 34 heavy (non-hydrogen) atoms. The molecule has 1 aliphatic heterocycles. The fourth-order valence-corrected chi connectivity index (χ4v) is 4.93. The van der Waals surface area contributed by atoms with E-state index in [4.69, 9.17) is 4.74 Å². The molecule has 2 aromatic carbocycles. The molecule has 0 radical (unpaired) electrons. The maximum absolute atomic E-state index is 13.3. The number of ether oxygens (including phenoxy) is 1. The van der Waals surface area contributed by atoms with E-state index in [1.165, 1.54) is 17.0 Å². The van der Waals surface area contributed by atoms with Crippen LogP contribution in [0.2, 0.25) is 0 Å². The molecule has 2 amide bonds. The van der Waals surface area contributed by atoms with Crippen LogP contribution in [0, 0.1) is 0 Å². The number of carbonyl (C=O) groups excluding carboxylic acids is 2. The van der Waals surface area contributed by atoms with E-state index in [1.807, 2.05) is 37.3 Å². The van der Waals surface area contributed by atoms with E-state index in [0.717, 1.165) is 18.4 Å². The van der Waals surface area contributed by atoms with Gasteiger partial charge in [-0.15, -0.1) is 0 Å². The first-order valence-corrected chi connectivity index (χ1v) is 13.2. The van der Waals surface area contributed by atoms with Gasteiger partial charge in [0.2, 0.25) is 21.8 Å². The van der Waals surface area contributed by atoms with E-state index >= 15 is 0 Å². The molecule has 9 heteroatoms. The SMILES string of the molecule is CCC[C@@H](C(=O)NC[C@@H]1CCCO1)N(Cc1ccccc1)C(=O)CNS(=O)(=O)c1ccccc1. The molecule has 0 saturated carbocycles. The third-order valence-corrected chi connectivity index (χ3v) is 7.17. The first kappa shape index (κ1) is 25.9. The van der Waals surface area contributed by atoms with Crippen molar-refractivity contribution in [2.75, 3.05) is 19.7 Å². The zero-order valence-electron chi connectivity index (χ0n) is 19.5. The number of nitrogens with one attached hydrogen (secondary N) is 2. The van der Waals surface area contributed by atoms with Crippen molar-refractivity contribution >= 4 is 21.8 Å². The van der Waals surface area contributed by atoms with Crippen LogP contribution >= 0.6 is 0 Å². The lowest BCUT2D eigenvalue weighted by Gasteiger charge is -2.31. The Bertz CT molecular complexity index is 1030. The van der Waals surface area contributed by atoms with Crippen molar-refractivity contribution in [3.63, 3.8) is 0 Å². The quantitative estimate of drug-likeness (QED) is 0.479. The van der Waals surface area contributed by atoms with Crippen molar-refractivity contribution in [1.29, 1.82) is 0 Å². The van der Waals surface area contributed by atoms with Gasteiger partial charge in [-0.3, -0.25) is 9.59 Å². The van der Waals surface area contributed by atoms with E-state index < -0.39 is 28.5 Å². The van der Waals surface area contributed by atoms with Crippen molar-refractivity contribution in [3.05, 3.63) is 66.2 Å². The Morgan fingerprint density at radius 3 is 2.38 bits per heavy atom. The molecule has 0 bridgehead atoms. The number of hydrogen-bond acceptors (Lipinski definition) is 5. The summed E-state index contributed by atoms with van der Waals surface area (Å²) in [7, 11) is -3.86. The van der Waals surface area contributed by atoms with Crippen LogP contribution in [0.25, 0.3) is 0 Å². The third kappa shape index (κ3) is 7.38. The average molecular weight is 488 g/mol. The molecule has 1 saturated heterocycles.